The molecular weight excluding hydrogens is 392 g/mol. The molecule has 1 aliphatic carbocycles. The van der Waals surface area contributed by atoms with Crippen LogP contribution in [-0.4, -0.2) is 9.97 Å². The average molecular weight is 421 g/mol. The number of hydrogen-bond donors (Lipinski definition) is 0. The minimum atomic E-state index is -1.34. The molecule has 0 N–H and O–H groups in total. The molecule has 1 aliphatic rings. The summed E-state index contributed by atoms with van der Waals surface area (Å²) in [7, 11) is 0. The van der Waals surface area contributed by atoms with E-state index in [-0.39, 0.29) is 5.92 Å². The number of rotatable bonds is 4. The smallest absolute Gasteiger partial charge is 0.227 e. The zero-order valence-corrected chi connectivity index (χ0v) is 17.9. The van der Waals surface area contributed by atoms with Crippen LogP contribution in [0, 0.1) is 5.92 Å². The Kier molecular flexibility index (Phi) is 4.41. The van der Waals surface area contributed by atoms with Gasteiger partial charge in [0.15, 0.2) is 0 Å². The van der Waals surface area contributed by atoms with Crippen molar-refractivity contribution < 1.29 is 7.16 Å². The molecule has 0 spiro atoms. The number of aromatic nitrogens is 2. The van der Waals surface area contributed by atoms with E-state index in [1.54, 1.807) is 6.20 Å². The molecule has 3 heterocycles. The third-order valence-electron chi connectivity index (χ3n) is 6.44. The molecule has 0 unspecified atom stereocenters. The van der Waals surface area contributed by atoms with Gasteiger partial charge in [-0.05, 0) is 60.3 Å². The molecule has 6 rings (SSSR count). The van der Waals surface area contributed by atoms with Gasteiger partial charge in [-0.1, -0.05) is 62.4 Å². The maximum atomic E-state index is 8.84. The van der Waals surface area contributed by atoms with Gasteiger partial charge < -0.3 is 4.42 Å². The van der Waals surface area contributed by atoms with E-state index in [4.69, 9.17) is 12.1 Å². The summed E-state index contributed by atoms with van der Waals surface area (Å²) in [4.78, 5) is 9.33. The molecule has 0 atom stereocenters. The van der Waals surface area contributed by atoms with E-state index >= 15 is 0 Å². The molecule has 0 aliphatic heterocycles. The summed E-state index contributed by atoms with van der Waals surface area (Å²) in [6.07, 6.45) is 5.75. The molecule has 0 saturated heterocycles. The lowest BCUT2D eigenvalue weighted by Gasteiger charge is -2.21. The van der Waals surface area contributed by atoms with Gasteiger partial charge in [0.05, 0.1) is 11.4 Å². The zero-order chi connectivity index (χ0) is 23.1. The summed E-state index contributed by atoms with van der Waals surface area (Å²) in [5, 5.41) is 1.95. The molecule has 2 aromatic carbocycles. The van der Waals surface area contributed by atoms with Gasteiger partial charge >= 0.3 is 0 Å². The fraction of sp³-hybridized carbons (Fsp3) is 0.241. The first-order valence-electron chi connectivity index (χ1n) is 12.5. The van der Waals surface area contributed by atoms with Crippen LogP contribution in [0.1, 0.15) is 40.4 Å². The number of pyridine rings is 2. The van der Waals surface area contributed by atoms with Crippen LogP contribution in [0.2, 0.25) is 0 Å². The van der Waals surface area contributed by atoms with Gasteiger partial charge in [0, 0.05) is 30.8 Å². The van der Waals surface area contributed by atoms with Crippen molar-refractivity contribution in [2.24, 2.45) is 5.92 Å². The van der Waals surface area contributed by atoms with Crippen LogP contribution in [-0.2, 0) is 6.37 Å². The predicted octanol–water partition coefficient (Wildman–Crippen LogP) is 7.83. The van der Waals surface area contributed by atoms with Crippen molar-refractivity contribution in [3.8, 4) is 22.5 Å². The lowest BCUT2D eigenvalue weighted by atomic mass is 9.85. The highest BCUT2D eigenvalue weighted by Crippen LogP contribution is 2.33. The highest BCUT2D eigenvalue weighted by molar-refractivity contribution is 6.05. The highest BCUT2D eigenvalue weighted by atomic mass is 16.3. The number of nitrogens with zero attached hydrogens (tertiary/aromatic N) is 2. The van der Waals surface area contributed by atoms with E-state index in [1.807, 2.05) is 60.7 Å². The quantitative estimate of drug-likeness (QED) is 0.297. The van der Waals surface area contributed by atoms with E-state index in [9.17, 15) is 0 Å². The second-order valence-corrected chi connectivity index (χ2v) is 8.64. The Morgan fingerprint density at radius 3 is 2.56 bits per heavy atom. The first kappa shape index (κ1) is 17.1. The summed E-state index contributed by atoms with van der Waals surface area (Å²) in [5.74, 6) is 0.0710. The first-order chi connectivity index (χ1) is 16.6. The van der Waals surface area contributed by atoms with Crippen LogP contribution in [0.3, 0.4) is 0 Å². The molecule has 0 radical (unpaired) electrons. The fourth-order valence-electron chi connectivity index (χ4n) is 4.75. The lowest BCUT2D eigenvalue weighted by molar-refractivity contribution is 0.356. The highest BCUT2D eigenvalue weighted by Gasteiger charge is 2.15. The predicted molar refractivity (Wildman–Crippen MR) is 130 cm³/mol. The molecule has 0 amide bonds. The average Bonchev–Trinajstić information content (AvgIpc) is 3.27. The Balaban J connectivity index is 1.38. The fourth-order valence-corrected chi connectivity index (χ4v) is 4.75. The topological polar surface area (TPSA) is 38.9 Å². The molecule has 0 bridgehead atoms. The number of benzene rings is 2. The van der Waals surface area contributed by atoms with Crippen molar-refractivity contribution >= 4 is 22.1 Å². The van der Waals surface area contributed by atoms with Crippen molar-refractivity contribution in [3.05, 3.63) is 84.6 Å². The van der Waals surface area contributed by atoms with Crippen LogP contribution < -0.4 is 0 Å². The second-order valence-electron chi connectivity index (χ2n) is 8.64. The second kappa shape index (κ2) is 8.23. The van der Waals surface area contributed by atoms with E-state index in [1.165, 1.54) is 6.42 Å². The summed E-state index contributed by atoms with van der Waals surface area (Å²) in [5.41, 5.74) is 5.78. The monoisotopic (exact) mass is 420 g/mol. The van der Waals surface area contributed by atoms with Crippen molar-refractivity contribution in [2.75, 3.05) is 0 Å². The molecule has 158 valence electrons. The molecule has 1 saturated carbocycles. The maximum absolute atomic E-state index is 8.84. The number of hydrogen-bond acceptors (Lipinski definition) is 3. The lowest BCUT2D eigenvalue weighted by Crippen LogP contribution is -2.09. The zero-order valence-electron chi connectivity index (χ0n) is 19.9. The van der Waals surface area contributed by atoms with E-state index < -0.39 is 6.37 Å². The standard InChI is InChI=1S/C29H26N2O/c1-3-7-20(8-4-1)17-21-15-16-30-27(18-21)23-11-14-28-25(19-23)24-12-13-26(31-29(24)32-28)22-9-5-2-6-10-22/h2,5-6,9-16,18-20H,1,3-4,7-8,17H2/i17D2. The largest absolute Gasteiger partial charge is 0.438 e. The van der Waals surface area contributed by atoms with Crippen molar-refractivity contribution in [3.63, 3.8) is 0 Å². The van der Waals surface area contributed by atoms with Gasteiger partial charge in [-0.2, -0.15) is 0 Å². The van der Waals surface area contributed by atoms with Crippen LogP contribution in [0.5, 0.6) is 0 Å². The summed E-state index contributed by atoms with van der Waals surface area (Å²) < 4.78 is 23.8. The third-order valence-corrected chi connectivity index (χ3v) is 6.44. The number of fused-ring (bicyclic) bond motifs is 3. The Labute approximate surface area is 191 Å². The van der Waals surface area contributed by atoms with Crippen molar-refractivity contribution in [1.82, 2.24) is 9.97 Å². The Morgan fingerprint density at radius 2 is 1.69 bits per heavy atom. The van der Waals surface area contributed by atoms with Gasteiger partial charge in [-0.25, -0.2) is 4.98 Å². The van der Waals surface area contributed by atoms with Gasteiger partial charge in [0.1, 0.15) is 5.58 Å². The SMILES string of the molecule is [2H]C([2H])(c1ccnc(-c2ccc3oc4nc(-c5ccccc5)ccc4c3c2)c1)C1CCCCC1. The molecule has 3 heteroatoms. The molecule has 5 aromatic rings. The molecule has 3 aromatic heterocycles. The van der Waals surface area contributed by atoms with Gasteiger partial charge in [0.25, 0.3) is 0 Å². The van der Waals surface area contributed by atoms with E-state index in [0.717, 1.165) is 70.1 Å². The normalized spacial score (nSPS) is 16.2. The summed E-state index contributed by atoms with van der Waals surface area (Å²) in [6.45, 7) is 0. The van der Waals surface area contributed by atoms with Crippen LogP contribution in [0.25, 0.3) is 44.6 Å². The Bertz CT molecular complexity index is 1470. The Morgan fingerprint density at radius 1 is 0.812 bits per heavy atom. The molecule has 1 fully saturated rings. The molecule has 3 nitrogen and oxygen atoms in total. The molecule has 32 heavy (non-hydrogen) atoms. The summed E-state index contributed by atoms with van der Waals surface area (Å²) in [6, 6.07) is 23.9. The van der Waals surface area contributed by atoms with Crippen molar-refractivity contribution in [2.45, 2.75) is 38.5 Å². The maximum Gasteiger partial charge on any atom is 0.227 e. The minimum absolute atomic E-state index is 0.0710. The first-order valence-corrected chi connectivity index (χ1v) is 11.5. The van der Waals surface area contributed by atoms with Crippen molar-refractivity contribution in [1.29, 1.82) is 0 Å². The minimum Gasteiger partial charge on any atom is -0.438 e. The van der Waals surface area contributed by atoms with E-state index in [0.29, 0.717) is 5.71 Å². The van der Waals surface area contributed by atoms with E-state index in [2.05, 4.69) is 17.1 Å². The van der Waals surface area contributed by atoms with Crippen LogP contribution in [0.15, 0.2) is 83.4 Å². The van der Waals surface area contributed by atoms with Crippen LogP contribution >= 0.6 is 0 Å². The Hall–Kier alpha value is -3.46. The number of furan rings is 1. The third kappa shape index (κ3) is 3.69. The summed E-state index contributed by atoms with van der Waals surface area (Å²) >= 11 is 0. The van der Waals surface area contributed by atoms with Gasteiger partial charge in [0.2, 0.25) is 5.71 Å². The van der Waals surface area contributed by atoms with Gasteiger partial charge in [-0.3, -0.25) is 4.98 Å². The van der Waals surface area contributed by atoms with Crippen LogP contribution in [0.4, 0.5) is 0 Å². The molecular formula is C29H26N2O. The van der Waals surface area contributed by atoms with Gasteiger partial charge in [-0.15, -0.1) is 0 Å².